The third kappa shape index (κ3) is 3.46. The van der Waals surface area contributed by atoms with Gasteiger partial charge in [0.25, 0.3) is 0 Å². The summed E-state index contributed by atoms with van der Waals surface area (Å²) in [5, 5.41) is 0. The van der Waals surface area contributed by atoms with Crippen LogP contribution in [0.1, 0.15) is 49.3 Å². The summed E-state index contributed by atoms with van der Waals surface area (Å²) < 4.78 is 5.38. The largest absolute Gasteiger partial charge is 0.459 e. The zero-order chi connectivity index (χ0) is 18.1. The van der Waals surface area contributed by atoms with Crippen molar-refractivity contribution in [3.05, 3.63) is 34.9 Å². The van der Waals surface area contributed by atoms with Crippen LogP contribution in [0, 0.1) is 25.7 Å². The van der Waals surface area contributed by atoms with Crippen LogP contribution in [0.25, 0.3) is 0 Å². The van der Waals surface area contributed by atoms with E-state index in [0.717, 1.165) is 47.3 Å². The second-order valence-electron chi connectivity index (χ2n) is 7.32. The first-order chi connectivity index (χ1) is 11.9. The summed E-state index contributed by atoms with van der Waals surface area (Å²) in [5.74, 6) is -1.41. The molecule has 2 fully saturated rings. The quantitative estimate of drug-likeness (QED) is 0.623. The summed E-state index contributed by atoms with van der Waals surface area (Å²) in [6.07, 6.45) is 3.44. The van der Waals surface area contributed by atoms with E-state index in [9.17, 15) is 14.4 Å². The summed E-state index contributed by atoms with van der Waals surface area (Å²) in [6.45, 7) is 5.71. The normalized spacial score (nSPS) is 24.2. The molecule has 0 aromatic heterocycles. The molecule has 0 bridgehead atoms. The Morgan fingerprint density at radius 2 is 1.60 bits per heavy atom. The Bertz CT molecular complexity index is 667. The number of hydrogen-bond donors (Lipinski definition) is 0. The molecule has 2 amide bonds. The van der Waals surface area contributed by atoms with Crippen LogP contribution < -0.4 is 0 Å². The molecule has 2 aliphatic rings. The second kappa shape index (κ2) is 6.98. The predicted octanol–water partition coefficient (Wildman–Crippen LogP) is 2.91. The highest BCUT2D eigenvalue weighted by Gasteiger charge is 2.51. The van der Waals surface area contributed by atoms with Crippen molar-refractivity contribution >= 4 is 17.8 Å². The number of ether oxygens (including phenoxy) is 1. The van der Waals surface area contributed by atoms with Gasteiger partial charge in [-0.15, -0.1) is 0 Å². The number of esters is 1. The molecule has 1 aromatic rings. The Balaban J connectivity index is 1.65. The molecule has 1 aliphatic carbocycles. The van der Waals surface area contributed by atoms with Crippen LogP contribution in [0.2, 0.25) is 0 Å². The van der Waals surface area contributed by atoms with Gasteiger partial charge in [0.2, 0.25) is 11.8 Å². The lowest BCUT2D eigenvalue weighted by Crippen LogP contribution is -2.44. The average Bonchev–Trinajstić information content (AvgIpc) is 2.83. The second-order valence-corrected chi connectivity index (χ2v) is 7.32. The maximum Gasteiger partial charge on any atom is 0.329 e. The minimum atomic E-state index is -0.864. The molecular formula is C20H25NO4. The fourth-order valence-electron chi connectivity index (χ4n) is 4.10. The molecule has 0 radical (unpaired) electrons. The van der Waals surface area contributed by atoms with Crippen LogP contribution in [0.4, 0.5) is 0 Å². The number of carbonyl (C=O) groups is 3. The topological polar surface area (TPSA) is 63.7 Å². The van der Waals surface area contributed by atoms with Crippen LogP contribution in [0.15, 0.2) is 18.2 Å². The number of amides is 2. The van der Waals surface area contributed by atoms with Gasteiger partial charge in [0, 0.05) is 0 Å². The molecule has 25 heavy (non-hydrogen) atoms. The Morgan fingerprint density at radius 1 is 1.08 bits per heavy atom. The fraction of sp³-hybridized carbons (Fsp3) is 0.550. The number of likely N-dealkylation sites (tertiary alicyclic amines) is 1. The van der Waals surface area contributed by atoms with E-state index >= 15 is 0 Å². The van der Waals surface area contributed by atoms with Crippen molar-refractivity contribution in [2.24, 2.45) is 11.8 Å². The van der Waals surface area contributed by atoms with Gasteiger partial charge in [-0.1, -0.05) is 42.2 Å². The molecule has 1 heterocycles. The molecule has 1 aromatic carbocycles. The number of carbonyl (C=O) groups excluding carboxylic acids is 3. The van der Waals surface area contributed by atoms with Gasteiger partial charge < -0.3 is 4.74 Å². The zero-order valence-corrected chi connectivity index (χ0v) is 15.1. The van der Waals surface area contributed by atoms with E-state index in [1.807, 2.05) is 26.0 Å². The molecule has 1 saturated carbocycles. The number of aryl methyl sites for hydroxylation is 2. The van der Waals surface area contributed by atoms with Crippen molar-refractivity contribution < 1.29 is 19.1 Å². The summed E-state index contributed by atoms with van der Waals surface area (Å²) in [4.78, 5) is 38.7. The van der Waals surface area contributed by atoms with Crippen molar-refractivity contribution in [2.45, 2.75) is 59.1 Å². The van der Waals surface area contributed by atoms with E-state index in [-0.39, 0.29) is 30.3 Å². The maximum atomic E-state index is 12.6. The van der Waals surface area contributed by atoms with Crippen LogP contribution in [0.3, 0.4) is 0 Å². The predicted molar refractivity (Wildman–Crippen MR) is 92.5 cm³/mol. The first-order valence-electron chi connectivity index (χ1n) is 8.99. The number of benzene rings is 1. The number of fused-ring (bicyclic) bond motifs is 1. The average molecular weight is 343 g/mol. The zero-order valence-electron chi connectivity index (χ0n) is 15.1. The minimum Gasteiger partial charge on any atom is -0.459 e. The minimum absolute atomic E-state index is 0.148. The summed E-state index contributed by atoms with van der Waals surface area (Å²) in [7, 11) is 0. The van der Waals surface area contributed by atoms with Crippen molar-refractivity contribution in [3.63, 3.8) is 0 Å². The SMILES string of the molecule is Cc1cc(C)cc(COC(=O)[C@H](C)N2C(=O)C3CCCCC3C2=O)c1. The van der Waals surface area contributed by atoms with Gasteiger partial charge in [-0.05, 0) is 39.2 Å². The number of imide groups is 1. The van der Waals surface area contributed by atoms with E-state index in [1.54, 1.807) is 6.92 Å². The molecule has 0 spiro atoms. The number of hydrogen-bond acceptors (Lipinski definition) is 4. The van der Waals surface area contributed by atoms with Gasteiger partial charge in [0.15, 0.2) is 0 Å². The summed E-state index contributed by atoms with van der Waals surface area (Å²) in [6, 6.07) is 5.12. The summed E-state index contributed by atoms with van der Waals surface area (Å²) in [5.41, 5.74) is 3.12. The van der Waals surface area contributed by atoms with Crippen molar-refractivity contribution in [3.8, 4) is 0 Å². The molecular weight excluding hydrogens is 318 g/mol. The first-order valence-corrected chi connectivity index (χ1v) is 8.99. The number of nitrogens with zero attached hydrogens (tertiary/aromatic N) is 1. The molecule has 3 atom stereocenters. The smallest absolute Gasteiger partial charge is 0.329 e. The number of rotatable bonds is 4. The standard InChI is InChI=1S/C20H25NO4/c1-12-8-13(2)10-15(9-12)11-25-20(24)14(3)21-18(22)16-6-4-5-7-17(16)19(21)23/h8-10,14,16-17H,4-7,11H2,1-3H3/t14-,16?,17?/m0/s1. The van der Waals surface area contributed by atoms with Crippen LogP contribution in [-0.4, -0.2) is 28.7 Å². The van der Waals surface area contributed by atoms with Crippen LogP contribution >= 0.6 is 0 Å². The van der Waals surface area contributed by atoms with Gasteiger partial charge >= 0.3 is 5.97 Å². The lowest BCUT2D eigenvalue weighted by Gasteiger charge is -2.21. The lowest BCUT2D eigenvalue weighted by molar-refractivity contribution is -0.159. The molecule has 5 nitrogen and oxygen atoms in total. The first kappa shape index (κ1) is 17.6. The Hall–Kier alpha value is -2.17. The van der Waals surface area contributed by atoms with E-state index in [0.29, 0.717) is 0 Å². The molecule has 5 heteroatoms. The van der Waals surface area contributed by atoms with E-state index in [1.165, 1.54) is 0 Å². The van der Waals surface area contributed by atoms with E-state index in [2.05, 4.69) is 6.07 Å². The van der Waals surface area contributed by atoms with Crippen LogP contribution in [0.5, 0.6) is 0 Å². The third-order valence-electron chi connectivity index (χ3n) is 5.27. The van der Waals surface area contributed by atoms with Gasteiger partial charge in [-0.25, -0.2) is 4.79 Å². The highest BCUT2D eigenvalue weighted by Crippen LogP contribution is 2.38. The van der Waals surface area contributed by atoms with E-state index in [4.69, 9.17) is 4.74 Å². The highest BCUT2D eigenvalue weighted by molar-refractivity contribution is 6.07. The van der Waals surface area contributed by atoms with Gasteiger partial charge in [-0.3, -0.25) is 14.5 Å². The molecule has 2 unspecified atom stereocenters. The molecule has 1 aliphatic heterocycles. The van der Waals surface area contributed by atoms with Crippen LogP contribution in [-0.2, 0) is 25.7 Å². The fourth-order valence-corrected chi connectivity index (χ4v) is 4.10. The van der Waals surface area contributed by atoms with Gasteiger partial charge in [0.05, 0.1) is 11.8 Å². The summed E-state index contributed by atoms with van der Waals surface area (Å²) >= 11 is 0. The van der Waals surface area contributed by atoms with Gasteiger partial charge in [-0.2, -0.15) is 0 Å². The molecule has 0 N–H and O–H groups in total. The van der Waals surface area contributed by atoms with Gasteiger partial charge in [0.1, 0.15) is 12.6 Å². The molecule has 3 rings (SSSR count). The van der Waals surface area contributed by atoms with E-state index < -0.39 is 12.0 Å². The Kier molecular flexibility index (Phi) is 4.93. The molecule has 134 valence electrons. The highest BCUT2D eigenvalue weighted by atomic mass is 16.5. The maximum absolute atomic E-state index is 12.6. The van der Waals surface area contributed by atoms with Crippen molar-refractivity contribution in [1.29, 1.82) is 0 Å². The van der Waals surface area contributed by atoms with Crippen molar-refractivity contribution in [1.82, 2.24) is 4.90 Å². The Labute approximate surface area is 148 Å². The monoisotopic (exact) mass is 343 g/mol. The van der Waals surface area contributed by atoms with Crippen molar-refractivity contribution in [2.75, 3.05) is 0 Å². The lowest BCUT2D eigenvalue weighted by atomic mass is 9.81. The Morgan fingerprint density at radius 3 is 2.12 bits per heavy atom. The molecule has 1 saturated heterocycles. The third-order valence-corrected chi connectivity index (χ3v) is 5.27.